The first-order valence-corrected chi connectivity index (χ1v) is 7.60. The molecule has 0 saturated heterocycles. The molecule has 2 N–H and O–H groups in total. The molecule has 0 amide bonds. The van der Waals surface area contributed by atoms with Crippen molar-refractivity contribution in [3.8, 4) is 5.75 Å². The van der Waals surface area contributed by atoms with Crippen molar-refractivity contribution < 1.29 is 9.47 Å². The zero-order chi connectivity index (χ0) is 15.7. The largest absolute Gasteiger partial charge is 0.495 e. The van der Waals surface area contributed by atoms with Crippen LogP contribution < -0.4 is 15.4 Å². The second kappa shape index (κ2) is 5.85. The van der Waals surface area contributed by atoms with Gasteiger partial charge >= 0.3 is 0 Å². The highest BCUT2D eigenvalue weighted by atomic mass is 16.5. The fourth-order valence-corrected chi connectivity index (χ4v) is 3.23. The minimum Gasteiger partial charge on any atom is -0.495 e. The molecule has 4 heteroatoms. The van der Waals surface area contributed by atoms with E-state index in [0.717, 1.165) is 31.0 Å². The van der Waals surface area contributed by atoms with Crippen LogP contribution in [0.5, 0.6) is 5.75 Å². The Morgan fingerprint density at radius 2 is 2.00 bits per heavy atom. The fraction of sp³-hybridized carbons (Fsp3) is 0.647. The summed E-state index contributed by atoms with van der Waals surface area (Å²) in [6, 6.07) is 8.04. The van der Waals surface area contributed by atoms with E-state index in [9.17, 15) is 0 Å². The van der Waals surface area contributed by atoms with Gasteiger partial charge in [-0.25, -0.2) is 0 Å². The fourth-order valence-electron chi connectivity index (χ4n) is 3.23. The van der Waals surface area contributed by atoms with Crippen LogP contribution in [0.1, 0.15) is 27.2 Å². The van der Waals surface area contributed by atoms with Crippen molar-refractivity contribution in [2.24, 2.45) is 11.1 Å². The van der Waals surface area contributed by atoms with Crippen molar-refractivity contribution in [2.45, 2.75) is 38.8 Å². The van der Waals surface area contributed by atoms with Crippen LogP contribution in [0.3, 0.4) is 0 Å². The van der Waals surface area contributed by atoms with E-state index in [4.69, 9.17) is 15.2 Å². The number of hydrogen-bond donors (Lipinski definition) is 1. The Hall–Kier alpha value is -1.26. The molecule has 0 aliphatic heterocycles. The van der Waals surface area contributed by atoms with Gasteiger partial charge in [-0.3, -0.25) is 0 Å². The van der Waals surface area contributed by atoms with Gasteiger partial charge in [-0.05, 0) is 25.5 Å². The molecule has 2 unspecified atom stereocenters. The highest BCUT2D eigenvalue weighted by molar-refractivity contribution is 5.58. The summed E-state index contributed by atoms with van der Waals surface area (Å²) in [6.45, 7) is 7.96. The molecule has 1 aliphatic rings. The van der Waals surface area contributed by atoms with Gasteiger partial charge in [0.15, 0.2) is 0 Å². The molecule has 4 nitrogen and oxygen atoms in total. The third-order valence-corrected chi connectivity index (χ3v) is 5.02. The predicted octanol–water partition coefficient (Wildman–Crippen LogP) is 2.66. The number of likely N-dealkylation sites (N-methyl/N-ethyl adjacent to an activating group) is 1. The van der Waals surface area contributed by atoms with Crippen molar-refractivity contribution in [1.29, 1.82) is 0 Å². The number of hydrogen-bond acceptors (Lipinski definition) is 4. The number of nitrogens with two attached hydrogens (primary N) is 1. The molecule has 1 fully saturated rings. The number of rotatable bonds is 6. The third kappa shape index (κ3) is 2.74. The summed E-state index contributed by atoms with van der Waals surface area (Å²) in [4.78, 5) is 2.18. The van der Waals surface area contributed by atoms with Crippen molar-refractivity contribution in [2.75, 3.05) is 32.2 Å². The first-order valence-electron chi connectivity index (χ1n) is 7.60. The maximum Gasteiger partial charge on any atom is 0.142 e. The monoisotopic (exact) mass is 292 g/mol. The Morgan fingerprint density at radius 1 is 1.33 bits per heavy atom. The Labute approximate surface area is 128 Å². The molecule has 0 bridgehead atoms. The highest BCUT2D eigenvalue weighted by Gasteiger charge is 2.58. The van der Waals surface area contributed by atoms with Gasteiger partial charge in [-0.2, -0.15) is 0 Å². The Kier molecular flexibility index (Phi) is 4.49. The molecular weight excluding hydrogens is 264 g/mol. The molecule has 2 rings (SSSR count). The highest BCUT2D eigenvalue weighted by Crippen LogP contribution is 2.50. The average molecular weight is 292 g/mol. The lowest BCUT2D eigenvalue weighted by molar-refractivity contribution is -0.145. The SMILES string of the molecule is CCOC1CC(N)(CN(C)c2ccccc2OC)C1(C)C. The Balaban J connectivity index is 2.11. The zero-order valence-corrected chi connectivity index (χ0v) is 13.8. The number of nitrogens with zero attached hydrogens (tertiary/aromatic N) is 1. The van der Waals surface area contributed by atoms with E-state index < -0.39 is 0 Å². The lowest BCUT2D eigenvalue weighted by Crippen LogP contribution is -2.73. The molecule has 1 aliphatic carbocycles. The summed E-state index contributed by atoms with van der Waals surface area (Å²) < 4.78 is 11.2. The van der Waals surface area contributed by atoms with Crippen LogP contribution in [-0.2, 0) is 4.74 Å². The van der Waals surface area contributed by atoms with Crippen molar-refractivity contribution in [3.63, 3.8) is 0 Å². The van der Waals surface area contributed by atoms with Crippen LogP contribution in [0.4, 0.5) is 5.69 Å². The maximum absolute atomic E-state index is 6.67. The van der Waals surface area contributed by atoms with Crippen LogP contribution in [0.15, 0.2) is 24.3 Å². The lowest BCUT2D eigenvalue weighted by atomic mass is 9.54. The van der Waals surface area contributed by atoms with Crippen LogP contribution in [0.2, 0.25) is 0 Å². The molecule has 0 aromatic heterocycles. The Bertz CT molecular complexity index is 489. The van der Waals surface area contributed by atoms with Gasteiger partial charge in [-0.15, -0.1) is 0 Å². The number of para-hydroxylation sites is 2. The van der Waals surface area contributed by atoms with Gasteiger partial charge in [0.25, 0.3) is 0 Å². The minimum atomic E-state index is -0.248. The summed E-state index contributed by atoms with van der Waals surface area (Å²) in [5, 5.41) is 0. The molecule has 0 radical (unpaired) electrons. The normalized spacial score (nSPS) is 27.0. The molecule has 1 aromatic carbocycles. The topological polar surface area (TPSA) is 47.7 Å². The van der Waals surface area contributed by atoms with E-state index in [2.05, 4.69) is 31.9 Å². The summed E-state index contributed by atoms with van der Waals surface area (Å²) >= 11 is 0. The summed E-state index contributed by atoms with van der Waals surface area (Å²) in [6.07, 6.45) is 1.14. The Morgan fingerprint density at radius 3 is 2.57 bits per heavy atom. The molecule has 21 heavy (non-hydrogen) atoms. The third-order valence-electron chi connectivity index (χ3n) is 5.02. The quantitative estimate of drug-likeness (QED) is 0.875. The molecule has 2 atom stereocenters. The average Bonchev–Trinajstić information content (AvgIpc) is 2.46. The summed E-state index contributed by atoms with van der Waals surface area (Å²) in [5.41, 5.74) is 7.46. The first-order chi connectivity index (χ1) is 9.85. The van der Waals surface area contributed by atoms with E-state index in [-0.39, 0.29) is 17.1 Å². The van der Waals surface area contributed by atoms with Gasteiger partial charge in [0.05, 0.1) is 18.9 Å². The van der Waals surface area contributed by atoms with Gasteiger partial charge in [0.2, 0.25) is 0 Å². The van der Waals surface area contributed by atoms with Crippen molar-refractivity contribution in [3.05, 3.63) is 24.3 Å². The van der Waals surface area contributed by atoms with E-state index in [1.54, 1.807) is 7.11 Å². The van der Waals surface area contributed by atoms with Crippen molar-refractivity contribution >= 4 is 5.69 Å². The van der Waals surface area contributed by atoms with Crippen LogP contribution in [0, 0.1) is 5.41 Å². The van der Waals surface area contributed by atoms with Gasteiger partial charge in [0.1, 0.15) is 5.75 Å². The summed E-state index contributed by atoms with van der Waals surface area (Å²) in [7, 11) is 3.76. The molecule has 118 valence electrons. The number of methoxy groups -OCH3 is 1. The smallest absolute Gasteiger partial charge is 0.142 e. The van der Waals surface area contributed by atoms with Gasteiger partial charge in [0, 0.05) is 31.2 Å². The minimum absolute atomic E-state index is 0.0285. The van der Waals surface area contributed by atoms with Crippen LogP contribution in [0.25, 0.3) is 0 Å². The second-order valence-electron chi connectivity index (χ2n) is 6.55. The van der Waals surface area contributed by atoms with Crippen LogP contribution in [-0.4, -0.2) is 39.0 Å². The van der Waals surface area contributed by atoms with E-state index >= 15 is 0 Å². The second-order valence-corrected chi connectivity index (χ2v) is 6.55. The van der Waals surface area contributed by atoms with E-state index in [1.807, 2.05) is 25.1 Å². The molecule has 0 heterocycles. The zero-order valence-electron chi connectivity index (χ0n) is 13.8. The molecule has 0 spiro atoms. The molecular formula is C17H28N2O2. The molecule has 1 aromatic rings. The van der Waals surface area contributed by atoms with Crippen LogP contribution >= 0.6 is 0 Å². The number of benzene rings is 1. The standard InChI is InChI=1S/C17H28N2O2/c1-6-21-15-11-17(18,16(15,2)3)12-19(4)13-9-7-8-10-14(13)20-5/h7-10,15H,6,11-12,18H2,1-5H3. The van der Waals surface area contributed by atoms with Crippen molar-refractivity contribution in [1.82, 2.24) is 0 Å². The summed E-state index contributed by atoms with van der Waals surface area (Å²) in [5.74, 6) is 0.877. The predicted molar refractivity (Wildman–Crippen MR) is 87.0 cm³/mol. The van der Waals surface area contributed by atoms with Gasteiger partial charge in [-0.1, -0.05) is 26.0 Å². The van der Waals surface area contributed by atoms with Gasteiger partial charge < -0.3 is 20.1 Å². The van der Waals surface area contributed by atoms with E-state index in [1.165, 1.54) is 0 Å². The number of ether oxygens (including phenoxy) is 2. The number of anilines is 1. The van der Waals surface area contributed by atoms with E-state index in [0.29, 0.717) is 0 Å². The first kappa shape index (κ1) is 16.1. The molecule has 1 saturated carbocycles. The lowest BCUT2D eigenvalue weighted by Gasteiger charge is -2.60. The maximum atomic E-state index is 6.67.